The quantitative estimate of drug-likeness (QED) is 0.462. The summed E-state index contributed by atoms with van der Waals surface area (Å²) in [4.78, 5) is 0. The van der Waals surface area contributed by atoms with Gasteiger partial charge < -0.3 is 0 Å². The van der Waals surface area contributed by atoms with Crippen LogP contribution in [0, 0.1) is 40.4 Å². The van der Waals surface area contributed by atoms with Gasteiger partial charge in [0.05, 0.1) is 18.1 Å². The number of nitriles is 1. The topological polar surface area (TPSA) is 23.8 Å². The van der Waals surface area contributed by atoms with Crippen LogP contribution in [-0.4, -0.2) is 0 Å². The van der Waals surface area contributed by atoms with Gasteiger partial charge in [-0.25, -0.2) is 22.0 Å². The highest BCUT2D eigenvalue weighted by molar-refractivity contribution is 5.65. The standard InChI is InChI=1S/C14H6F5N/c15-10-9(11(16)13(18)14(19)12(10)17)8-3-1-7(2-4-8)5-6-20/h1-4H,5H2. The van der Waals surface area contributed by atoms with E-state index in [1.807, 2.05) is 6.07 Å². The van der Waals surface area contributed by atoms with Crippen molar-refractivity contribution in [3.8, 4) is 17.2 Å². The molecule has 0 N–H and O–H groups in total. The van der Waals surface area contributed by atoms with Gasteiger partial charge in [0.15, 0.2) is 23.3 Å². The summed E-state index contributed by atoms with van der Waals surface area (Å²) in [6, 6.07) is 7.04. The molecule has 0 atom stereocenters. The molecule has 0 fully saturated rings. The minimum absolute atomic E-state index is 0.0807. The monoisotopic (exact) mass is 283 g/mol. The molecule has 0 amide bonds. The van der Waals surface area contributed by atoms with Crippen molar-refractivity contribution in [1.29, 1.82) is 5.26 Å². The second-order valence-electron chi connectivity index (χ2n) is 3.98. The average molecular weight is 283 g/mol. The molecular weight excluding hydrogens is 277 g/mol. The lowest BCUT2D eigenvalue weighted by atomic mass is 10.0. The Labute approximate surface area is 110 Å². The second kappa shape index (κ2) is 5.29. The van der Waals surface area contributed by atoms with Crippen LogP contribution in [0.15, 0.2) is 24.3 Å². The highest BCUT2D eigenvalue weighted by Crippen LogP contribution is 2.31. The lowest BCUT2D eigenvalue weighted by Gasteiger charge is -2.08. The Bertz CT molecular complexity index is 672. The van der Waals surface area contributed by atoms with Gasteiger partial charge in [0.1, 0.15) is 0 Å². The molecular formula is C14H6F5N. The van der Waals surface area contributed by atoms with Crippen LogP contribution in [-0.2, 0) is 6.42 Å². The van der Waals surface area contributed by atoms with Crippen LogP contribution in [0.3, 0.4) is 0 Å². The summed E-state index contributed by atoms with van der Waals surface area (Å²) in [5.74, 6) is -9.92. The Kier molecular flexibility index (Phi) is 3.70. The van der Waals surface area contributed by atoms with Crippen molar-refractivity contribution < 1.29 is 22.0 Å². The average Bonchev–Trinajstić information content (AvgIpc) is 2.45. The van der Waals surface area contributed by atoms with E-state index >= 15 is 0 Å². The summed E-state index contributed by atoms with van der Waals surface area (Å²) >= 11 is 0. The molecule has 0 spiro atoms. The molecule has 1 nitrogen and oxygen atoms in total. The van der Waals surface area contributed by atoms with Gasteiger partial charge in [-0.05, 0) is 11.1 Å². The third-order valence-corrected chi connectivity index (χ3v) is 2.74. The molecule has 0 bridgehead atoms. The van der Waals surface area contributed by atoms with Gasteiger partial charge in [-0.1, -0.05) is 24.3 Å². The molecule has 0 radical (unpaired) electrons. The van der Waals surface area contributed by atoms with Crippen LogP contribution in [0.2, 0.25) is 0 Å². The number of rotatable bonds is 2. The smallest absolute Gasteiger partial charge is 0.200 e. The van der Waals surface area contributed by atoms with Gasteiger partial charge in [0.2, 0.25) is 5.82 Å². The molecule has 2 aromatic carbocycles. The first kappa shape index (κ1) is 14.0. The van der Waals surface area contributed by atoms with Crippen molar-refractivity contribution in [3.63, 3.8) is 0 Å². The van der Waals surface area contributed by atoms with Crippen LogP contribution in [0.5, 0.6) is 0 Å². The zero-order valence-electron chi connectivity index (χ0n) is 9.85. The molecule has 2 aromatic rings. The summed E-state index contributed by atoms with van der Waals surface area (Å²) in [6.07, 6.45) is 0.0807. The van der Waals surface area contributed by atoms with Crippen molar-refractivity contribution >= 4 is 0 Å². The highest BCUT2D eigenvalue weighted by Gasteiger charge is 2.26. The van der Waals surface area contributed by atoms with E-state index in [0.717, 1.165) is 0 Å². The maximum atomic E-state index is 13.6. The maximum Gasteiger partial charge on any atom is 0.200 e. The van der Waals surface area contributed by atoms with E-state index in [1.165, 1.54) is 24.3 Å². The molecule has 6 heteroatoms. The van der Waals surface area contributed by atoms with Crippen LogP contribution in [0.25, 0.3) is 11.1 Å². The SMILES string of the molecule is N#CCc1ccc(-c2c(F)c(F)c(F)c(F)c2F)cc1. The molecule has 0 heterocycles. The van der Waals surface area contributed by atoms with Crippen LogP contribution in [0.1, 0.15) is 5.56 Å². The number of hydrogen-bond acceptors (Lipinski definition) is 1. The Morgan fingerprint density at radius 3 is 1.65 bits per heavy atom. The van der Waals surface area contributed by atoms with Crippen molar-refractivity contribution in [2.24, 2.45) is 0 Å². The lowest BCUT2D eigenvalue weighted by molar-refractivity contribution is 0.381. The minimum atomic E-state index is -2.19. The number of hydrogen-bond donors (Lipinski definition) is 0. The van der Waals surface area contributed by atoms with Crippen molar-refractivity contribution in [2.75, 3.05) is 0 Å². The normalized spacial score (nSPS) is 10.4. The summed E-state index contributed by atoms with van der Waals surface area (Å²) in [6.45, 7) is 0. The maximum absolute atomic E-state index is 13.6. The fraction of sp³-hybridized carbons (Fsp3) is 0.0714. The summed E-state index contributed by atoms with van der Waals surface area (Å²) in [5, 5.41) is 8.49. The zero-order valence-corrected chi connectivity index (χ0v) is 9.85. The largest absolute Gasteiger partial charge is 0.203 e. The van der Waals surface area contributed by atoms with Gasteiger partial charge in [-0.15, -0.1) is 0 Å². The molecule has 0 unspecified atom stereocenters. The molecule has 0 aliphatic heterocycles. The van der Waals surface area contributed by atoms with Gasteiger partial charge in [0.25, 0.3) is 0 Å². The first-order valence-electron chi connectivity index (χ1n) is 5.45. The molecule has 102 valence electrons. The number of nitrogens with zero attached hydrogens (tertiary/aromatic N) is 1. The van der Waals surface area contributed by atoms with Crippen molar-refractivity contribution in [1.82, 2.24) is 0 Å². The van der Waals surface area contributed by atoms with E-state index in [9.17, 15) is 22.0 Å². The van der Waals surface area contributed by atoms with Crippen LogP contribution in [0.4, 0.5) is 22.0 Å². The van der Waals surface area contributed by atoms with E-state index < -0.39 is 34.6 Å². The third kappa shape index (κ3) is 2.23. The number of benzene rings is 2. The third-order valence-electron chi connectivity index (χ3n) is 2.74. The van der Waals surface area contributed by atoms with E-state index in [2.05, 4.69) is 0 Å². The lowest BCUT2D eigenvalue weighted by Crippen LogP contribution is -2.04. The molecule has 20 heavy (non-hydrogen) atoms. The summed E-state index contributed by atoms with van der Waals surface area (Å²) < 4.78 is 66.2. The van der Waals surface area contributed by atoms with E-state index in [-0.39, 0.29) is 12.0 Å². The van der Waals surface area contributed by atoms with Crippen LogP contribution < -0.4 is 0 Å². The van der Waals surface area contributed by atoms with E-state index in [4.69, 9.17) is 5.26 Å². The molecule has 2 rings (SSSR count). The first-order valence-corrected chi connectivity index (χ1v) is 5.45. The van der Waals surface area contributed by atoms with Crippen LogP contribution >= 0.6 is 0 Å². The van der Waals surface area contributed by atoms with Crippen molar-refractivity contribution in [3.05, 3.63) is 58.9 Å². The molecule has 0 saturated carbocycles. The predicted molar refractivity (Wildman–Crippen MR) is 61.0 cm³/mol. The Hall–Kier alpha value is -2.42. The Balaban J connectivity index is 2.61. The Morgan fingerprint density at radius 1 is 0.750 bits per heavy atom. The second-order valence-corrected chi connectivity index (χ2v) is 3.98. The summed E-state index contributed by atoms with van der Waals surface area (Å²) in [7, 11) is 0. The molecule has 0 saturated heterocycles. The Morgan fingerprint density at radius 2 is 1.20 bits per heavy atom. The summed E-state index contributed by atoms with van der Waals surface area (Å²) in [5.41, 5.74) is -0.565. The fourth-order valence-electron chi connectivity index (χ4n) is 1.74. The molecule has 0 aliphatic carbocycles. The van der Waals surface area contributed by atoms with E-state index in [0.29, 0.717) is 5.56 Å². The number of halogens is 5. The highest BCUT2D eigenvalue weighted by atomic mass is 19.2. The van der Waals surface area contributed by atoms with Gasteiger partial charge in [0, 0.05) is 0 Å². The predicted octanol–water partition coefficient (Wildman–Crippen LogP) is 4.12. The van der Waals surface area contributed by atoms with Gasteiger partial charge >= 0.3 is 0 Å². The van der Waals surface area contributed by atoms with Gasteiger partial charge in [-0.2, -0.15) is 5.26 Å². The van der Waals surface area contributed by atoms with Gasteiger partial charge in [-0.3, -0.25) is 0 Å². The van der Waals surface area contributed by atoms with Crippen molar-refractivity contribution in [2.45, 2.75) is 6.42 Å². The fourth-order valence-corrected chi connectivity index (χ4v) is 1.74. The zero-order chi connectivity index (χ0) is 14.9. The molecule has 0 aliphatic rings. The van der Waals surface area contributed by atoms with E-state index in [1.54, 1.807) is 0 Å². The first-order chi connectivity index (χ1) is 9.47. The minimum Gasteiger partial charge on any atom is -0.203 e. The molecule has 0 aromatic heterocycles.